The summed E-state index contributed by atoms with van der Waals surface area (Å²) in [4.78, 5) is 6.10. The molecule has 0 spiro atoms. The van der Waals surface area contributed by atoms with Crippen molar-refractivity contribution in [3.63, 3.8) is 0 Å². The van der Waals surface area contributed by atoms with E-state index in [0.717, 1.165) is 11.3 Å². The number of nitrogens with one attached hydrogen (secondary N) is 1. The van der Waals surface area contributed by atoms with E-state index in [1.165, 1.54) is 18.4 Å². The molecule has 0 atom stereocenters. The minimum absolute atomic E-state index is 0.139. The predicted molar refractivity (Wildman–Crippen MR) is 81.2 cm³/mol. The van der Waals surface area contributed by atoms with Gasteiger partial charge in [0.2, 0.25) is 0 Å². The third-order valence-corrected chi connectivity index (χ3v) is 3.06. The number of hydrogen-bond acceptors (Lipinski definition) is 4. The lowest BCUT2D eigenvalue weighted by atomic mass is 10.2. The van der Waals surface area contributed by atoms with Gasteiger partial charge in [-0.05, 0) is 17.7 Å². The molecule has 0 aliphatic heterocycles. The molecule has 2 aromatic rings. The fourth-order valence-corrected chi connectivity index (χ4v) is 2.01. The van der Waals surface area contributed by atoms with Gasteiger partial charge < -0.3 is 19.5 Å². The SMILES string of the molecule is CN=C(NCc1ccon1)N(C)Cc1ccc(OC(F)F)cc1. The smallest absolute Gasteiger partial charge is 0.387 e. The van der Waals surface area contributed by atoms with Crippen LogP contribution < -0.4 is 10.1 Å². The van der Waals surface area contributed by atoms with E-state index in [2.05, 4.69) is 20.2 Å². The molecule has 6 nitrogen and oxygen atoms in total. The van der Waals surface area contributed by atoms with E-state index in [0.29, 0.717) is 19.0 Å². The molecule has 1 heterocycles. The number of halogens is 2. The molecular weight excluding hydrogens is 306 g/mol. The maximum Gasteiger partial charge on any atom is 0.387 e. The Bertz CT molecular complexity index is 615. The molecule has 0 saturated heterocycles. The lowest BCUT2D eigenvalue weighted by Crippen LogP contribution is -2.38. The van der Waals surface area contributed by atoms with Gasteiger partial charge in [0.05, 0.1) is 6.54 Å². The first-order valence-corrected chi connectivity index (χ1v) is 6.93. The Morgan fingerprint density at radius 2 is 2.09 bits per heavy atom. The molecule has 8 heteroatoms. The summed E-state index contributed by atoms with van der Waals surface area (Å²) in [5, 5.41) is 6.97. The quantitative estimate of drug-likeness (QED) is 0.653. The molecule has 1 N–H and O–H groups in total. The molecule has 0 aliphatic carbocycles. The second-order valence-corrected chi connectivity index (χ2v) is 4.77. The lowest BCUT2D eigenvalue weighted by molar-refractivity contribution is -0.0498. The van der Waals surface area contributed by atoms with Gasteiger partial charge in [-0.2, -0.15) is 8.78 Å². The summed E-state index contributed by atoms with van der Waals surface area (Å²) in [5.74, 6) is 0.820. The Morgan fingerprint density at radius 3 is 2.65 bits per heavy atom. The Balaban J connectivity index is 1.89. The van der Waals surface area contributed by atoms with Crippen LogP contribution >= 0.6 is 0 Å². The van der Waals surface area contributed by atoms with E-state index in [9.17, 15) is 8.78 Å². The van der Waals surface area contributed by atoms with E-state index >= 15 is 0 Å². The van der Waals surface area contributed by atoms with Crippen LogP contribution in [-0.2, 0) is 13.1 Å². The van der Waals surface area contributed by atoms with Crippen molar-refractivity contribution in [2.45, 2.75) is 19.7 Å². The topological polar surface area (TPSA) is 62.9 Å². The fraction of sp³-hybridized carbons (Fsp3) is 0.333. The monoisotopic (exact) mass is 324 g/mol. The normalized spacial score (nSPS) is 11.6. The molecule has 124 valence electrons. The molecular formula is C15H18F2N4O2. The number of hydrogen-bond donors (Lipinski definition) is 1. The zero-order valence-corrected chi connectivity index (χ0v) is 12.9. The van der Waals surface area contributed by atoms with Crippen LogP contribution in [0.25, 0.3) is 0 Å². The molecule has 0 unspecified atom stereocenters. The van der Waals surface area contributed by atoms with E-state index < -0.39 is 6.61 Å². The fourth-order valence-electron chi connectivity index (χ4n) is 2.01. The summed E-state index contributed by atoms with van der Waals surface area (Å²) < 4.78 is 33.3. The van der Waals surface area contributed by atoms with Crippen molar-refractivity contribution in [1.82, 2.24) is 15.4 Å². The second kappa shape index (κ2) is 8.11. The van der Waals surface area contributed by atoms with Gasteiger partial charge >= 0.3 is 6.61 Å². The zero-order chi connectivity index (χ0) is 16.7. The van der Waals surface area contributed by atoms with Crippen LogP contribution in [0, 0.1) is 0 Å². The van der Waals surface area contributed by atoms with Crippen LogP contribution in [0.4, 0.5) is 8.78 Å². The zero-order valence-electron chi connectivity index (χ0n) is 12.9. The van der Waals surface area contributed by atoms with Gasteiger partial charge in [-0.15, -0.1) is 0 Å². The first kappa shape index (κ1) is 16.7. The van der Waals surface area contributed by atoms with Gasteiger partial charge in [0.25, 0.3) is 0 Å². The number of guanidine groups is 1. The van der Waals surface area contributed by atoms with E-state index in [1.54, 1.807) is 25.2 Å². The van der Waals surface area contributed by atoms with Gasteiger partial charge in [0.1, 0.15) is 17.7 Å². The van der Waals surface area contributed by atoms with E-state index in [-0.39, 0.29) is 5.75 Å². The van der Waals surface area contributed by atoms with Gasteiger partial charge in [-0.25, -0.2) is 0 Å². The number of nitrogens with zero attached hydrogens (tertiary/aromatic N) is 3. The van der Waals surface area contributed by atoms with Crippen LogP contribution in [0.1, 0.15) is 11.3 Å². The number of aliphatic imine (C=N–C) groups is 1. The first-order valence-electron chi connectivity index (χ1n) is 6.93. The minimum atomic E-state index is -2.82. The molecule has 0 fully saturated rings. The average molecular weight is 324 g/mol. The average Bonchev–Trinajstić information content (AvgIpc) is 3.03. The summed E-state index contributed by atoms with van der Waals surface area (Å²) in [6, 6.07) is 8.27. The van der Waals surface area contributed by atoms with Crippen molar-refractivity contribution in [3.05, 3.63) is 47.9 Å². The maximum absolute atomic E-state index is 12.1. The molecule has 0 bridgehead atoms. The van der Waals surface area contributed by atoms with Gasteiger partial charge in [-0.1, -0.05) is 17.3 Å². The lowest BCUT2D eigenvalue weighted by Gasteiger charge is -2.22. The van der Waals surface area contributed by atoms with Gasteiger partial charge in [0, 0.05) is 26.7 Å². The molecule has 1 aromatic heterocycles. The summed E-state index contributed by atoms with van der Waals surface area (Å²) >= 11 is 0. The number of benzene rings is 1. The molecule has 0 aliphatic rings. The highest BCUT2D eigenvalue weighted by Gasteiger charge is 2.08. The Labute approximate surface area is 132 Å². The van der Waals surface area contributed by atoms with Crippen molar-refractivity contribution in [2.75, 3.05) is 14.1 Å². The van der Waals surface area contributed by atoms with Crippen molar-refractivity contribution < 1.29 is 18.0 Å². The van der Waals surface area contributed by atoms with Crippen molar-refractivity contribution in [2.24, 2.45) is 4.99 Å². The highest BCUT2D eigenvalue weighted by Crippen LogP contribution is 2.15. The largest absolute Gasteiger partial charge is 0.435 e. The molecule has 0 amide bonds. The van der Waals surface area contributed by atoms with Crippen molar-refractivity contribution >= 4 is 5.96 Å². The molecule has 1 aromatic carbocycles. The number of aromatic nitrogens is 1. The molecule has 2 rings (SSSR count). The number of alkyl halides is 2. The van der Waals surface area contributed by atoms with Crippen LogP contribution in [0.5, 0.6) is 5.75 Å². The number of rotatable bonds is 6. The maximum atomic E-state index is 12.1. The second-order valence-electron chi connectivity index (χ2n) is 4.77. The summed E-state index contributed by atoms with van der Waals surface area (Å²) in [6.45, 7) is -1.76. The van der Waals surface area contributed by atoms with Gasteiger partial charge in [-0.3, -0.25) is 4.99 Å². The highest BCUT2D eigenvalue weighted by atomic mass is 19.3. The Morgan fingerprint density at radius 1 is 1.35 bits per heavy atom. The van der Waals surface area contributed by atoms with Crippen molar-refractivity contribution in [1.29, 1.82) is 0 Å². The summed E-state index contributed by atoms with van der Waals surface area (Å²) in [7, 11) is 3.56. The Kier molecular flexibility index (Phi) is 5.90. The molecule has 0 saturated carbocycles. The van der Waals surface area contributed by atoms with E-state index in [1.807, 2.05) is 11.9 Å². The standard InChI is InChI=1S/C15H18F2N4O2/c1-18-15(19-9-12-7-8-22-20-12)21(2)10-11-3-5-13(6-4-11)23-14(16)17/h3-8,14H,9-10H2,1-2H3,(H,18,19). The summed E-state index contributed by atoms with van der Waals surface area (Å²) in [5.41, 5.74) is 1.71. The van der Waals surface area contributed by atoms with Crippen LogP contribution in [0.15, 0.2) is 46.1 Å². The first-order chi connectivity index (χ1) is 11.1. The third-order valence-electron chi connectivity index (χ3n) is 3.06. The Hall–Kier alpha value is -2.64. The highest BCUT2D eigenvalue weighted by molar-refractivity contribution is 5.79. The van der Waals surface area contributed by atoms with Gasteiger partial charge in [0.15, 0.2) is 5.96 Å². The molecule has 23 heavy (non-hydrogen) atoms. The minimum Gasteiger partial charge on any atom is -0.435 e. The van der Waals surface area contributed by atoms with Crippen LogP contribution in [0.3, 0.4) is 0 Å². The van der Waals surface area contributed by atoms with E-state index in [4.69, 9.17) is 4.52 Å². The van der Waals surface area contributed by atoms with Crippen molar-refractivity contribution in [3.8, 4) is 5.75 Å². The van der Waals surface area contributed by atoms with Crippen LogP contribution in [-0.4, -0.2) is 36.7 Å². The third kappa shape index (κ3) is 5.24. The van der Waals surface area contributed by atoms with Crippen LogP contribution in [0.2, 0.25) is 0 Å². The summed E-state index contributed by atoms with van der Waals surface area (Å²) in [6.07, 6.45) is 1.51. The predicted octanol–water partition coefficient (Wildman–Crippen LogP) is 2.48. The number of ether oxygens (including phenoxy) is 1. The molecule has 0 radical (unpaired) electrons.